The van der Waals surface area contributed by atoms with E-state index in [0.717, 1.165) is 17.8 Å². The van der Waals surface area contributed by atoms with E-state index in [4.69, 9.17) is 0 Å². The van der Waals surface area contributed by atoms with Gasteiger partial charge < -0.3 is 5.32 Å². The fourth-order valence-electron chi connectivity index (χ4n) is 4.05. The number of hydrogen-bond acceptors (Lipinski definition) is 1. The molecule has 0 saturated carbocycles. The van der Waals surface area contributed by atoms with Gasteiger partial charge >= 0.3 is 0 Å². The summed E-state index contributed by atoms with van der Waals surface area (Å²) in [4.78, 5) is 0. The van der Waals surface area contributed by atoms with Crippen molar-refractivity contribution in [1.29, 1.82) is 0 Å². The van der Waals surface area contributed by atoms with Crippen LogP contribution in [0.4, 0.5) is 11.4 Å². The first-order chi connectivity index (χ1) is 14.4. The van der Waals surface area contributed by atoms with Crippen LogP contribution in [-0.2, 0) is 0 Å². The Hall–Kier alpha value is -3.58. The summed E-state index contributed by atoms with van der Waals surface area (Å²) >= 11 is 0. The van der Waals surface area contributed by atoms with Gasteiger partial charge in [-0.15, -0.1) is 0 Å². The van der Waals surface area contributed by atoms with E-state index in [2.05, 4.69) is 115 Å². The lowest BCUT2D eigenvalue weighted by molar-refractivity contribution is 0.784. The van der Waals surface area contributed by atoms with Crippen LogP contribution in [0.5, 0.6) is 0 Å². The Labute approximate surface area is 172 Å². The standard InChI is InChI=1S/C28H23N/c1-2-7-21(8-3-1)22-13-17-25(18-14-22)29-26-19-15-24(16-20-26)28-12-6-10-23-9-4-5-11-27(23)28/h1-9,11-20,23,29H,10H2. The topological polar surface area (TPSA) is 12.0 Å². The molecule has 0 spiro atoms. The first-order valence-corrected chi connectivity index (χ1v) is 10.2. The molecule has 0 saturated heterocycles. The molecule has 0 radical (unpaired) electrons. The van der Waals surface area contributed by atoms with Crippen LogP contribution >= 0.6 is 0 Å². The average Bonchev–Trinajstić information content (AvgIpc) is 2.80. The normalized spacial score (nSPS) is 17.3. The molecular weight excluding hydrogens is 350 g/mol. The summed E-state index contributed by atoms with van der Waals surface area (Å²) in [6, 6.07) is 27.8. The van der Waals surface area contributed by atoms with Crippen LogP contribution in [0.15, 0.2) is 121 Å². The number of fused-ring (bicyclic) bond motifs is 1. The first-order valence-electron chi connectivity index (χ1n) is 10.2. The highest BCUT2D eigenvalue weighted by atomic mass is 14.9. The molecule has 0 amide bonds. The molecule has 0 heterocycles. The maximum absolute atomic E-state index is 3.51. The average molecular weight is 373 g/mol. The van der Waals surface area contributed by atoms with Gasteiger partial charge in [0.05, 0.1) is 0 Å². The van der Waals surface area contributed by atoms with Crippen molar-refractivity contribution in [3.63, 3.8) is 0 Å². The van der Waals surface area contributed by atoms with E-state index in [0.29, 0.717) is 5.92 Å². The summed E-state index contributed by atoms with van der Waals surface area (Å²) in [5.41, 5.74) is 8.69. The molecule has 3 aromatic rings. The SMILES string of the molecule is C1=CC2=C(c3ccc(Nc4ccc(-c5ccccc5)cc4)cc3)C=CCC2C=C1. The number of anilines is 2. The van der Waals surface area contributed by atoms with Gasteiger partial charge in [-0.25, -0.2) is 0 Å². The van der Waals surface area contributed by atoms with Crippen molar-refractivity contribution >= 4 is 16.9 Å². The largest absolute Gasteiger partial charge is 0.356 e. The number of hydrogen-bond donors (Lipinski definition) is 1. The van der Waals surface area contributed by atoms with Crippen LogP contribution in [-0.4, -0.2) is 0 Å². The molecule has 1 nitrogen and oxygen atoms in total. The zero-order chi connectivity index (χ0) is 19.5. The van der Waals surface area contributed by atoms with Crippen LogP contribution in [0, 0.1) is 5.92 Å². The molecule has 1 atom stereocenters. The van der Waals surface area contributed by atoms with E-state index >= 15 is 0 Å². The molecule has 0 aromatic heterocycles. The van der Waals surface area contributed by atoms with Gasteiger partial charge in [0.25, 0.3) is 0 Å². The summed E-state index contributed by atoms with van der Waals surface area (Å²) in [7, 11) is 0. The minimum absolute atomic E-state index is 0.515. The van der Waals surface area contributed by atoms with Crippen LogP contribution in [0.1, 0.15) is 12.0 Å². The van der Waals surface area contributed by atoms with E-state index in [-0.39, 0.29) is 0 Å². The van der Waals surface area contributed by atoms with Gasteiger partial charge in [0.2, 0.25) is 0 Å². The molecule has 1 N–H and O–H groups in total. The Morgan fingerprint density at radius 2 is 1.28 bits per heavy atom. The fraction of sp³-hybridized carbons (Fsp3) is 0.0714. The molecule has 0 bridgehead atoms. The lowest BCUT2D eigenvalue weighted by Gasteiger charge is -2.23. The summed E-state index contributed by atoms with van der Waals surface area (Å²) in [5.74, 6) is 0.515. The molecule has 5 rings (SSSR count). The molecular formula is C28H23N. The van der Waals surface area contributed by atoms with Gasteiger partial charge in [0, 0.05) is 17.3 Å². The molecule has 140 valence electrons. The minimum atomic E-state index is 0.515. The first kappa shape index (κ1) is 17.5. The second-order valence-electron chi connectivity index (χ2n) is 7.50. The zero-order valence-corrected chi connectivity index (χ0v) is 16.3. The Bertz CT molecular complexity index is 1110. The second kappa shape index (κ2) is 7.81. The van der Waals surface area contributed by atoms with Crippen LogP contribution in [0.3, 0.4) is 0 Å². The lowest BCUT2D eigenvalue weighted by Crippen LogP contribution is -2.06. The Kier molecular flexibility index (Phi) is 4.72. The van der Waals surface area contributed by atoms with Gasteiger partial charge in [-0.05, 0) is 58.5 Å². The summed E-state index contributed by atoms with van der Waals surface area (Å²) in [5, 5.41) is 3.51. The van der Waals surface area contributed by atoms with Crippen molar-refractivity contribution in [3.8, 4) is 11.1 Å². The minimum Gasteiger partial charge on any atom is -0.356 e. The third-order valence-electron chi connectivity index (χ3n) is 5.59. The van der Waals surface area contributed by atoms with Crippen molar-refractivity contribution < 1.29 is 0 Å². The summed E-state index contributed by atoms with van der Waals surface area (Å²) in [6.07, 6.45) is 14.5. The second-order valence-corrected chi connectivity index (χ2v) is 7.50. The van der Waals surface area contributed by atoms with Gasteiger partial charge in [0.15, 0.2) is 0 Å². The smallest absolute Gasteiger partial charge is 0.0384 e. The Balaban J connectivity index is 1.34. The van der Waals surface area contributed by atoms with Crippen molar-refractivity contribution in [1.82, 2.24) is 0 Å². The van der Waals surface area contributed by atoms with Crippen molar-refractivity contribution in [2.75, 3.05) is 5.32 Å². The molecule has 1 unspecified atom stereocenters. The third-order valence-corrected chi connectivity index (χ3v) is 5.59. The number of nitrogens with one attached hydrogen (secondary N) is 1. The van der Waals surface area contributed by atoms with Crippen LogP contribution < -0.4 is 5.32 Å². The highest BCUT2D eigenvalue weighted by Crippen LogP contribution is 2.35. The molecule has 2 aliphatic rings. The highest BCUT2D eigenvalue weighted by Gasteiger charge is 2.18. The van der Waals surface area contributed by atoms with Crippen LogP contribution in [0.25, 0.3) is 16.7 Å². The monoisotopic (exact) mass is 373 g/mol. The van der Waals surface area contributed by atoms with Crippen molar-refractivity contribution in [3.05, 3.63) is 126 Å². The number of allylic oxidation sites excluding steroid dienone is 8. The predicted molar refractivity (Wildman–Crippen MR) is 124 cm³/mol. The maximum Gasteiger partial charge on any atom is 0.0384 e. The predicted octanol–water partition coefficient (Wildman–Crippen LogP) is 7.55. The molecule has 0 fully saturated rings. The van der Waals surface area contributed by atoms with Gasteiger partial charge in [0.1, 0.15) is 0 Å². The van der Waals surface area contributed by atoms with E-state index in [1.165, 1.54) is 27.8 Å². The Morgan fingerprint density at radius 1 is 0.621 bits per heavy atom. The van der Waals surface area contributed by atoms with E-state index in [9.17, 15) is 0 Å². The van der Waals surface area contributed by atoms with E-state index in [1.54, 1.807) is 0 Å². The molecule has 1 heteroatoms. The van der Waals surface area contributed by atoms with Gasteiger partial charge in [-0.2, -0.15) is 0 Å². The van der Waals surface area contributed by atoms with E-state index in [1.807, 2.05) is 6.07 Å². The maximum atomic E-state index is 3.51. The highest BCUT2D eigenvalue weighted by molar-refractivity contribution is 5.81. The van der Waals surface area contributed by atoms with Gasteiger partial charge in [-0.1, -0.05) is 91.1 Å². The quantitative estimate of drug-likeness (QED) is 0.498. The van der Waals surface area contributed by atoms with Crippen LogP contribution in [0.2, 0.25) is 0 Å². The summed E-state index contributed by atoms with van der Waals surface area (Å²) < 4.78 is 0. The number of benzene rings is 3. The molecule has 29 heavy (non-hydrogen) atoms. The number of rotatable bonds is 4. The van der Waals surface area contributed by atoms with Crippen molar-refractivity contribution in [2.45, 2.75) is 6.42 Å². The lowest BCUT2D eigenvalue weighted by atomic mass is 9.82. The summed E-state index contributed by atoms with van der Waals surface area (Å²) in [6.45, 7) is 0. The fourth-order valence-corrected chi connectivity index (χ4v) is 4.05. The molecule has 0 aliphatic heterocycles. The zero-order valence-electron chi connectivity index (χ0n) is 16.3. The third kappa shape index (κ3) is 3.72. The van der Waals surface area contributed by atoms with Crippen molar-refractivity contribution in [2.24, 2.45) is 5.92 Å². The molecule has 2 aliphatic carbocycles. The van der Waals surface area contributed by atoms with Gasteiger partial charge in [-0.3, -0.25) is 0 Å². The van der Waals surface area contributed by atoms with E-state index < -0.39 is 0 Å². The Morgan fingerprint density at radius 3 is 2.00 bits per heavy atom. The molecule has 3 aromatic carbocycles.